The summed E-state index contributed by atoms with van der Waals surface area (Å²) in [6.07, 6.45) is 1.03. The second kappa shape index (κ2) is 7.25. The molecule has 0 spiro atoms. The zero-order chi connectivity index (χ0) is 11.6. The molecule has 0 saturated carbocycles. The number of hydrogen-bond acceptors (Lipinski definition) is 1. The van der Waals surface area contributed by atoms with Gasteiger partial charge in [-0.1, -0.05) is 49.4 Å². The summed E-state index contributed by atoms with van der Waals surface area (Å²) in [4.78, 5) is 0. The lowest BCUT2D eigenvalue weighted by Crippen LogP contribution is -1.78. The van der Waals surface area contributed by atoms with Crippen molar-refractivity contribution in [2.45, 2.75) is 13.3 Å². The van der Waals surface area contributed by atoms with Crippen molar-refractivity contribution in [3.8, 4) is 6.07 Å². The van der Waals surface area contributed by atoms with Crippen LogP contribution in [-0.4, -0.2) is 0 Å². The molecule has 0 saturated heterocycles. The van der Waals surface area contributed by atoms with Crippen LogP contribution in [0.1, 0.15) is 18.1 Å². The Morgan fingerprint density at radius 3 is 2.00 bits per heavy atom. The van der Waals surface area contributed by atoms with E-state index in [1.807, 2.05) is 54.6 Å². The van der Waals surface area contributed by atoms with Crippen molar-refractivity contribution in [2.24, 2.45) is 0 Å². The van der Waals surface area contributed by atoms with Crippen molar-refractivity contribution in [1.29, 1.82) is 5.26 Å². The molecule has 2 aromatic carbocycles. The van der Waals surface area contributed by atoms with Crippen LogP contribution >= 0.6 is 0 Å². The third kappa shape index (κ3) is 4.43. The van der Waals surface area contributed by atoms with Crippen LogP contribution in [0.3, 0.4) is 0 Å². The number of benzene rings is 2. The van der Waals surface area contributed by atoms with Crippen LogP contribution in [-0.2, 0) is 6.42 Å². The molecule has 16 heavy (non-hydrogen) atoms. The van der Waals surface area contributed by atoms with Crippen molar-refractivity contribution in [3.63, 3.8) is 0 Å². The largest absolute Gasteiger partial charge is 0.192 e. The zero-order valence-electron chi connectivity index (χ0n) is 9.35. The highest BCUT2D eigenvalue weighted by atomic mass is 14.2. The number of hydrogen-bond donors (Lipinski definition) is 0. The van der Waals surface area contributed by atoms with Crippen molar-refractivity contribution in [3.05, 3.63) is 71.8 Å². The molecule has 0 aromatic heterocycles. The normalized spacial score (nSPS) is 8.50. The smallest absolute Gasteiger partial charge is 0.0991 e. The van der Waals surface area contributed by atoms with E-state index < -0.39 is 0 Å². The lowest BCUT2D eigenvalue weighted by atomic mass is 10.1. The van der Waals surface area contributed by atoms with E-state index in [1.165, 1.54) is 5.56 Å². The summed E-state index contributed by atoms with van der Waals surface area (Å²) in [6, 6.07) is 22.2. The third-order valence-corrected chi connectivity index (χ3v) is 2.10. The fourth-order valence-corrected chi connectivity index (χ4v) is 1.16. The first-order valence-corrected chi connectivity index (χ1v) is 5.27. The average Bonchev–Trinajstić information content (AvgIpc) is 2.41. The maximum Gasteiger partial charge on any atom is 0.0991 e. The van der Waals surface area contributed by atoms with Crippen LogP contribution in [0.4, 0.5) is 0 Å². The lowest BCUT2D eigenvalue weighted by Gasteiger charge is -1.92. The van der Waals surface area contributed by atoms with E-state index in [0.717, 1.165) is 12.0 Å². The van der Waals surface area contributed by atoms with Gasteiger partial charge in [0.05, 0.1) is 11.6 Å². The van der Waals surface area contributed by atoms with Gasteiger partial charge in [0.25, 0.3) is 0 Å². The third-order valence-electron chi connectivity index (χ3n) is 2.10. The first kappa shape index (κ1) is 12.0. The van der Waals surface area contributed by atoms with Crippen LogP contribution in [0.15, 0.2) is 54.6 Å². The van der Waals surface area contributed by atoms with Gasteiger partial charge in [0, 0.05) is 0 Å². The number of rotatable bonds is 1. The maximum absolute atomic E-state index is 8.45. The van der Waals surface area contributed by atoms with Crippen LogP contribution in [0.5, 0.6) is 0 Å². The highest BCUT2D eigenvalue weighted by Crippen LogP contribution is 2.02. The summed E-state index contributed by atoms with van der Waals surface area (Å²) >= 11 is 0. The van der Waals surface area contributed by atoms with Gasteiger partial charge in [0.15, 0.2) is 0 Å². The molecular formula is C15H14N. The maximum atomic E-state index is 8.45. The van der Waals surface area contributed by atoms with Crippen LogP contribution < -0.4 is 0 Å². The quantitative estimate of drug-likeness (QED) is 0.702. The van der Waals surface area contributed by atoms with E-state index in [2.05, 4.69) is 19.1 Å². The van der Waals surface area contributed by atoms with E-state index in [-0.39, 0.29) is 0 Å². The highest BCUT2D eigenvalue weighted by molar-refractivity contribution is 5.31. The summed E-state index contributed by atoms with van der Waals surface area (Å²) in [5, 5.41) is 8.45. The Hall–Kier alpha value is -2.07. The molecular weight excluding hydrogens is 194 g/mol. The Morgan fingerprint density at radius 1 is 1.06 bits per heavy atom. The second-order valence-corrected chi connectivity index (χ2v) is 3.24. The fourth-order valence-electron chi connectivity index (χ4n) is 1.16. The average molecular weight is 208 g/mol. The molecule has 0 heterocycles. The Labute approximate surface area is 97.0 Å². The molecule has 0 aliphatic heterocycles. The minimum Gasteiger partial charge on any atom is -0.192 e. The van der Waals surface area contributed by atoms with Gasteiger partial charge in [-0.2, -0.15) is 5.26 Å². The van der Waals surface area contributed by atoms with Gasteiger partial charge in [-0.15, -0.1) is 0 Å². The molecule has 0 amide bonds. The monoisotopic (exact) mass is 208 g/mol. The van der Waals surface area contributed by atoms with Crippen molar-refractivity contribution in [2.75, 3.05) is 0 Å². The number of aryl methyl sites for hydroxylation is 1. The van der Waals surface area contributed by atoms with Gasteiger partial charge in [-0.25, -0.2) is 0 Å². The van der Waals surface area contributed by atoms with E-state index in [9.17, 15) is 0 Å². The molecule has 79 valence electrons. The van der Waals surface area contributed by atoms with Crippen LogP contribution in [0, 0.1) is 17.4 Å². The molecule has 1 nitrogen and oxygen atoms in total. The molecule has 0 fully saturated rings. The van der Waals surface area contributed by atoms with Crippen molar-refractivity contribution < 1.29 is 0 Å². The lowest BCUT2D eigenvalue weighted by molar-refractivity contribution is 1.14. The van der Waals surface area contributed by atoms with Crippen molar-refractivity contribution in [1.82, 2.24) is 0 Å². The van der Waals surface area contributed by atoms with Crippen LogP contribution in [0.2, 0.25) is 0 Å². The van der Waals surface area contributed by atoms with Gasteiger partial charge < -0.3 is 0 Å². The number of nitrogens with zero attached hydrogens (tertiary/aromatic N) is 1. The molecule has 0 unspecified atom stereocenters. The van der Waals surface area contributed by atoms with Gasteiger partial charge in [0.2, 0.25) is 0 Å². The second-order valence-electron chi connectivity index (χ2n) is 3.24. The van der Waals surface area contributed by atoms with Crippen LogP contribution in [0.25, 0.3) is 0 Å². The Balaban J connectivity index is 0.000000181. The minimum atomic E-state index is 0.734. The predicted molar refractivity (Wildman–Crippen MR) is 65.8 cm³/mol. The first-order valence-electron chi connectivity index (χ1n) is 5.27. The van der Waals surface area contributed by atoms with Gasteiger partial charge in [0.1, 0.15) is 0 Å². The Kier molecular flexibility index (Phi) is 5.44. The molecule has 0 aliphatic carbocycles. The predicted octanol–water partition coefficient (Wildman–Crippen LogP) is 3.61. The molecule has 0 N–H and O–H groups in total. The Bertz CT molecular complexity index is 397. The summed E-state index contributed by atoms with van der Waals surface area (Å²) < 4.78 is 0. The summed E-state index contributed by atoms with van der Waals surface area (Å²) in [5.74, 6) is 0. The topological polar surface area (TPSA) is 23.8 Å². The van der Waals surface area contributed by atoms with Gasteiger partial charge in [-0.05, 0) is 30.2 Å². The van der Waals surface area contributed by atoms with Gasteiger partial charge >= 0.3 is 0 Å². The number of nitriles is 1. The SMILES string of the molecule is CCc1ccc(C#N)cc1.[c]1ccccc1. The molecule has 0 bridgehead atoms. The molecule has 0 aliphatic rings. The minimum absolute atomic E-state index is 0.734. The Morgan fingerprint density at radius 2 is 1.69 bits per heavy atom. The van der Waals surface area contributed by atoms with E-state index in [1.54, 1.807) is 0 Å². The zero-order valence-corrected chi connectivity index (χ0v) is 9.35. The van der Waals surface area contributed by atoms with E-state index in [0.29, 0.717) is 0 Å². The summed E-state index contributed by atoms with van der Waals surface area (Å²) in [6.45, 7) is 2.10. The molecule has 0 atom stereocenters. The molecule has 2 rings (SSSR count). The van der Waals surface area contributed by atoms with Gasteiger partial charge in [-0.3, -0.25) is 0 Å². The van der Waals surface area contributed by atoms with E-state index in [4.69, 9.17) is 5.26 Å². The molecule has 2 aromatic rings. The molecule has 1 heteroatoms. The van der Waals surface area contributed by atoms with Crippen molar-refractivity contribution >= 4 is 0 Å². The standard InChI is InChI=1S/C9H9N.C6H5/c1-2-8-3-5-9(7-10)6-4-8;1-2-4-6-5-3-1/h3-6H,2H2,1H3;1-5H. The summed E-state index contributed by atoms with van der Waals surface area (Å²) in [5.41, 5.74) is 2.01. The highest BCUT2D eigenvalue weighted by Gasteiger charge is 1.88. The first-order chi connectivity index (χ1) is 7.86. The summed E-state index contributed by atoms with van der Waals surface area (Å²) in [7, 11) is 0. The fraction of sp³-hybridized carbons (Fsp3) is 0.133. The molecule has 1 radical (unpaired) electrons. The van der Waals surface area contributed by atoms with E-state index >= 15 is 0 Å².